The molecule has 132 valence electrons. The first-order valence-electron chi connectivity index (χ1n) is 8.19. The molecular formula is C20H22O5. The van der Waals surface area contributed by atoms with Crippen molar-refractivity contribution in [1.82, 2.24) is 0 Å². The summed E-state index contributed by atoms with van der Waals surface area (Å²) in [6.45, 7) is 6.04. The van der Waals surface area contributed by atoms with E-state index < -0.39 is 0 Å². The van der Waals surface area contributed by atoms with Gasteiger partial charge in [-0.15, -0.1) is 0 Å². The lowest BCUT2D eigenvalue weighted by Crippen LogP contribution is -2.11. The van der Waals surface area contributed by atoms with Crippen LogP contribution in [0.25, 0.3) is 0 Å². The molecule has 0 aliphatic rings. The quantitative estimate of drug-likeness (QED) is 0.712. The van der Waals surface area contributed by atoms with Gasteiger partial charge in [0.25, 0.3) is 0 Å². The molecule has 5 heteroatoms. The number of rotatable bonds is 7. The first-order chi connectivity index (χ1) is 12.0. The van der Waals surface area contributed by atoms with Crippen LogP contribution in [0.5, 0.6) is 5.75 Å². The van der Waals surface area contributed by atoms with Crippen molar-refractivity contribution in [2.45, 2.75) is 33.5 Å². The predicted octanol–water partition coefficient (Wildman–Crippen LogP) is 4.01. The molecule has 0 aliphatic heterocycles. The Morgan fingerprint density at radius 3 is 2.32 bits per heavy atom. The van der Waals surface area contributed by atoms with Crippen LogP contribution < -0.4 is 4.74 Å². The van der Waals surface area contributed by atoms with Gasteiger partial charge in [0, 0.05) is 0 Å². The maximum atomic E-state index is 11.8. The Labute approximate surface area is 147 Å². The lowest BCUT2D eigenvalue weighted by molar-refractivity contribution is 0.0377. The molecule has 25 heavy (non-hydrogen) atoms. The number of carbonyl (C=O) groups excluding carboxylic acids is 2. The van der Waals surface area contributed by atoms with Gasteiger partial charge in [0.1, 0.15) is 12.4 Å². The van der Waals surface area contributed by atoms with E-state index in [9.17, 15) is 9.59 Å². The third-order valence-electron chi connectivity index (χ3n) is 3.28. The third kappa shape index (κ3) is 5.64. The summed E-state index contributed by atoms with van der Waals surface area (Å²) < 4.78 is 15.8. The summed E-state index contributed by atoms with van der Waals surface area (Å²) in [7, 11) is 0. The largest absolute Gasteiger partial charge is 0.489 e. The van der Waals surface area contributed by atoms with Crippen LogP contribution in [0.2, 0.25) is 0 Å². The van der Waals surface area contributed by atoms with Gasteiger partial charge in [-0.1, -0.05) is 18.2 Å². The molecule has 0 N–H and O–H groups in total. The Morgan fingerprint density at radius 1 is 0.960 bits per heavy atom. The highest BCUT2D eigenvalue weighted by molar-refractivity contribution is 5.90. The normalized spacial score (nSPS) is 10.4. The summed E-state index contributed by atoms with van der Waals surface area (Å²) in [6, 6.07) is 13.9. The molecule has 0 atom stereocenters. The molecule has 5 nitrogen and oxygen atoms in total. The lowest BCUT2D eigenvalue weighted by atomic mass is 10.1. The van der Waals surface area contributed by atoms with E-state index in [4.69, 9.17) is 14.2 Å². The smallest absolute Gasteiger partial charge is 0.338 e. The minimum Gasteiger partial charge on any atom is -0.489 e. The van der Waals surface area contributed by atoms with Gasteiger partial charge in [-0.05, 0) is 56.7 Å². The van der Waals surface area contributed by atoms with Crippen LogP contribution in [0.4, 0.5) is 0 Å². The Bertz CT molecular complexity index is 719. The molecule has 0 aliphatic carbocycles. The molecule has 0 saturated heterocycles. The molecular weight excluding hydrogens is 320 g/mol. The van der Waals surface area contributed by atoms with Crippen LogP contribution in [-0.4, -0.2) is 24.6 Å². The van der Waals surface area contributed by atoms with Gasteiger partial charge in [-0.3, -0.25) is 0 Å². The van der Waals surface area contributed by atoms with Gasteiger partial charge in [0.15, 0.2) is 0 Å². The van der Waals surface area contributed by atoms with Crippen molar-refractivity contribution in [3.63, 3.8) is 0 Å². The molecule has 0 spiro atoms. The Hall–Kier alpha value is -2.82. The van der Waals surface area contributed by atoms with Crippen molar-refractivity contribution in [1.29, 1.82) is 0 Å². The maximum Gasteiger partial charge on any atom is 0.338 e. The Kier molecular flexibility index (Phi) is 6.57. The van der Waals surface area contributed by atoms with Gasteiger partial charge in [-0.25, -0.2) is 9.59 Å². The average Bonchev–Trinajstić information content (AvgIpc) is 2.60. The lowest BCUT2D eigenvalue weighted by Gasteiger charge is -2.10. The number of esters is 2. The fraction of sp³-hybridized carbons (Fsp3) is 0.300. The van der Waals surface area contributed by atoms with Crippen molar-refractivity contribution in [2.75, 3.05) is 6.61 Å². The van der Waals surface area contributed by atoms with Crippen molar-refractivity contribution in [3.05, 3.63) is 65.2 Å². The van der Waals surface area contributed by atoms with Crippen molar-refractivity contribution in [2.24, 2.45) is 0 Å². The van der Waals surface area contributed by atoms with Gasteiger partial charge < -0.3 is 14.2 Å². The zero-order valence-electron chi connectivity index (χ0n) is 14.7. The van der Waals surface area contributed by atoms with E-state index in [0.717, 1.165) is 5.56 Å². The van der Waals surface area contributed by atoms with E-state index in [1.807, 2.05) is 26.0 Å². The minimum atomic E-state index is -0.374. The van der Waals surface area contributed by atoms with Crippen LogP contribution in [0.1, 0.15) is 47.1 Å². The second-order valence-electron chi connectivity index (χ2n) is 5.69. The van der Waals surface area contributed by atoms with Crippen LogP contribution in [-0.2, 0) is 16.1 Å². The summed E-state index contributed by atoms with van der Waals surface area (Å²) in [5.41, 5.74) is 1.86. The second-order valence-corrected chi connectivity index (χ2v) is 5.69. The highest BCUT2D eigenvalue weighted by Crippen LogP contribution is 2.16. The highest BCUT2D eigenvalue weighted by atomic mass is 16.5. The minimum absolute atomic E-state index is 0.151. The summed E-state index contributed by atoms with van der Waals surface area (Å²) >= 11 is 0. The Balaban J connectivity index is 1.96. The fourth-order valence-corrected chi connectivity index (χ4v) is 2.11. The van der Waals surface area contributed by atoms with E-state index >= 15 is 0 Å². The summed E-state index contributed by atoms with van der Waals surface area (Å²) in [6.07, 6.45) is -0.151. The van der Waals surface area contributed by atoms with Gasteiger partial charge in [0.05, 0.1) is 23.8 Å². The van der Waals surface area contributed by atoms with Crippen LogP contribution in [0, 0.1) is 0 Å². The summed E-state index contributed by atoms with van der Waals surface area (Å²) in [4.78, 5) is 23.5. The molecule has 0 saturated carbocycles. The van der Waals surface area contributed by atoms with Crippen molar-refractivity contribution >= 4 is 11.9 Å². The topological polar surface area (TPSA) is 61.8 Å². The first-order valence-corrected chi connectivity index (χ1v) is 8.19. The van der Waals surface area contributed by atoms with Crippen LogP contribution in [0.3, 0.4) is 0 Å². The molecule has 2 rings (SSSR count). The van der Waals surface area contributed by atoms with E-state index in [2.05, 4.69) is 0 Å². The van der Waals surface area contributed by atoms with Gasteiger partial charge in [-0.2, -0.15) is 0 Å². The number of hydrogen-bond donors (Lipinski definition) is 0. The zero-order chi connectivity index (χ0) is 18.2. The Morgan fingerprint density at radius 2 is 1.68 bits per heavy atom. The average molecular weight is 342 g/mol. The number of benzene rings is 2. The molecule has 0 fully saturated rings. The number of ether oxygens (including phenoxy) is 3. The SMILES string of the molecule is CCOC(=O)c1cccc(OCc2ccc(C(=O)OC(C)C)cc2)c1. The molecule has 2 aromatic carbocycles. The maximum absolute atomic E-state index is 11.8. The third-order valence-corrected chi connectivity index (χ3v) is 3.28. The zero-order valence-corrected chi connectivity index (χ0v) is 14.7. The molecule has 0 heterocycles. The molecule has 0 aromatic heterocycles. The van der Waals surface area contributed by atoms with Gasteiger partial charge in [0.2, 0.25) is 0 Å². The van der Waals surface area contributed by atoms with E-state index in [1.54, 1.807) is 43.3 Å². The molecule has 0 radical (unpaired) electrons. The van der Waals surface area contributed by atoms with Crippen LogP contribution in [0.15, 0.2) is 48.5 Å². The molecule has 0 unspecified atom stereocenters. The van der Waals surface area contributed by atoms with Crippen LogP contribution >= 0.6 is 0 Å². The van der Waals surface area contributed by atoms with Gasteiger partial charge >= 0.3 is 11.9 Å². The highest BCUT2D eigenvalue weighted by Gasteiger charge is 2.10. The van der Waals surface area contributed by atoms with E-state index in [0.29, 0.717) is 30.1 Å². The second kappa shape index (κ2) is 8.87. The standard InChI is InChI=1S/C20H22O5/c1-4-23-19(21)17-6-5-7-18(12-17)24-13-15-8-10-16(11-9-15)20(22)25-14(2)3/h5-12,14H,4,13H2,1-3H3. The summed E-state index contributed by atoms with van der Waals surface area (Å²) in [5, 5.41) is 0. The molecule has 0 bridgehead atoms. The fourth-order valence-electron chi connectivity index (χ4n) is 2.11. The van der Waals surface area contributed by atoms with E-state index in [-0.39, 0.29) is 18.0 Å². The first kappa shape index (κ1) is 18.5. The molecule has 2 aromatic rings. The number of carbonyl (C=O) groups is 2. The van der Waals surface area contributed by atoms with Crippen molar-refractivity contribution < 1.29 is 23.8 Å². The predicted molar refractivity (Wildman–Crippen MR) is 93.7 cm³/mol. The van der Waals surface area contributed by atoms with Crippen molar-refractivity contribution in [3.8, 4) is 5.75 Å². The van der Waals surface area contributed by atoms with E-state index in [1.165, 1.54) is 0 Å². The monoisotopic (exact) mass is 342 g/mol. The summed E-state index contributed by atoms with van der Waals surface area (Å²) in [5.74, 6) is -0.139. The molecule has 0 amide bonds. The number of hydrogen-bond acceptors (Lipinski definition) is 5.